The van der Waals surface area contributed by atoms with E-state index in [1.165, 1.54) is 16.9 Å². The first-order chi connectivity index (χ1) is 9.63. The number of esters is 1. The number of methoxy groups -OCH3 is 1. The summed E-state index contributed by atoms with van der Waals surface area (Å²) in [6.45, 7) is 1.05. The van der Waals surface area contributed by atoms with Crippen LogP contribution in [0.3, 0.4) is 0 Å². The summed E-state index contributed by atoms with van der Waals surface area (Å²) in [4.78, 5) is 38.0. The third kappa shape index (κ3) is 2.96. The van der Waals surface area contributed by atoms with E-state index in [0.717, 1.165) is 0 Å². The quantitative estimate of drug-likeness (QED) is 0.590. The van der Waals surface area contributed by atoms with Crippen LogP contribution < -0.4 is 4.90 Å². The molecule has 0 N–H and O–H groups in total. The summed E-state index contributed by atoms with van der Waals surface area (Å²) in [6, 6.07) is 9.06. The summed E-state index contributed by atoms with van der Waals surface area (Å²) >= 11 is 0. The fraction of sp³-hybridized carbons (Fsp3) is 0.357. The Bertz CT molecular complexity index is 515. The molecule has 1 saturated heterocycles. The van der Waals surface area contributed by atoms with E-state index in [1.807, 2.05) is 18.2 Å². The van der Waals surface area contributed by atoms with Gasteiger partial charge in [0.15, 0.2) is 0 Å². The molecule has 6 heteroatoms. The summed E-state index contributed by atoms with van der Waals surface area (Å²) < 4.78 is 4.52. The zero-order valence-corrected chi connectivity index (χ0v) is 11.2. The molecule has 1 fully saturated rings. The second kappa shape index (κ2) is 6.18. The summed E-state index contributed by atoms with van der Waals surface area (Å²) in [6.07, 6.45) is 0.0981. The molecule has 0 bridgehead atoms. The normalized spacial score (nSPS) is 15.4. The van der Waals surface area contributed by atoms with Crippen LogP contribution in [0.1, 0.15) is 6.42 Å². The Kier molecular flexibility index (Phi) is 4.34. The van der Waals surface area contributed by atoms with Crippen molar-refractivity contribution >= 4 is 23.5 Å². The van der Waals surface area contributed by atoms with Crippen LogP contribution in [-0.4, -0.2) is 49.4 Å². The van der Waals surface area contributed by atoms with Gasteiger partial charge in [0.2, 0.25) is 0 Å². The van der Waals surface area contributed by atoms with Gasteiger partial charge >= 0.3 is 17.8 Å². The Balaban J connectivity index is 2.00. The van der Waals surface area contributed by atoms with Crippen molar-refractivity contribution in [2.24, 2.45) is 0 Å². The van der Waals surface area contributed by atoms with Gasteiger partial charge in [0.1, 0.15) is 0 Å². The molecule has 0 unspecified atom stereocenters. The van der Waals surface area contributed by atoms with Crippen molar-refractivity contribution in [3.05, 3.63) is 30.3 Å². The SMILES string of the molecule is COC(=O)CCN1CCN(c2ccccc2)C(=O)C1=O. The summed E-state index contributed by atoms with van der Waals surface area (Å²) in [5.41, 5.74) is 0.707. The van der Waals surface area contributed by atoms with Crippen LogP contribution in [0.2, 0.25) is 0 Å². The third-order valence-corrected chi connectivity index (χ3v) is 3.19. The van der Waals surface area contributed by atoms with Crippen molar-refractivity contribution in [3.8, 4) is 0 Å². The first-order valence-corrected chi connectivity index (χ1v) is 6.36. The van der Waals surface area contributed by atoms with E-state index in [-0.39, 0.29) is 13.0 Å². The number of hydrogen-bond acceptors (Lipinski definition) is 4. The molecule has 1 aliphatic heterocycles. The molecule has 20 heavy (non-hydrogen) atoms. The second-order valence-corrected chi connectivity index (χ2v) is 4.41. The smallest absolute Gasteiger partial charge is 0.316 e. The predicted molar refractivity (Wildman–Crippen MR) is 72.0 cm³/mol. The van der Waals surface area contributed by atoms with Gasteiger partial charge in [-0.1, -0.05) is 18.2 Å². The molecule has 0 aromatic heterocycles. The molecular formula is C14H16N2O4. The number of piperazine rings is 1. The van der Waals surface area contributed by atoms with E-state index in [2.05, 4.69) is 4.74 Å². The van der Waals surface area contributed by atoms with Crippen molar-refractivity contribution < 1.29 is 19.1 Å². The Morgan fingerprint density at radius 3 is 2.50 bits per heavy atom. The molecule has 1 aromatic carbocycles. The summed E-state index contributed by atoms with van der Waals surface area (Å²) in [5, 5.41) is 0. The van der Waals surface area contributed by atoms with Gasteiger partial charge in [0.25, 0.3) is 0 Å². The van der Waals surface area contributed by atoms with Crippen molar-refractivity contribution in [1.82, 2.24) is 4.90 Å². The average molecular weight is 276 g/mol. The maximum atomic E-state index is 12.1. The van der Waals surface area contributed by atoms with Gasteiger partial charge in [-0.3, -0.25) is 14.4 Å². The van der Waals surface area contributed by atoms with Gasteiger partial charge in [-0.25, -0.2) is 0 Å². The minimum Gasteiger partial charge on any atom is -0.469 e. The molecule has 2 amide bonds. The molecule has 1 aliphatic rings. The molecule has 1 aromatic rings. The van der Waals surface area contributed by atoms with Crippen LogP contribution in [0.25, 0.3) is 0 Å². The highest BCUT2D eigenvalue weighted by Gasteiger charge is 2.33. The lowest BCUT2D eigenvalue weighted by atomic mass is 10.2. The molecule has 0 spiro atoms. The topological polar surface area (TPSA) is 66.9 Å². The van der Waals surface area contributed by atoms with Crippen LogP contribution in [0.15, 0.2) is 30.3 Å². The van der Waals surface area contributed by atoms with E-state index in [9.17, 15) is 14.4 Å². The maximum Gasteiger partial charge on any atom is 0.316 e. The molecule has 0 aliphatic carbocycles. The van der Waals surface area contributed by atoms with E-state index in [0.29, 0.717) is 18.8 Å². The first kappa shape index (κ1) is 14.0. The van der Waals surface area contributed by atoms with Crippen molar-refractivity contribution in [2.75, 3.05) is 31.6 Å². The van der Waals surface area contributed by atoms with Crippen LogP contribution in [-0.2, 0) is 19.1 Å². The lowest BCUT2D eigenvalue weighted by Crippen LogP contribution is -2.54. The fourth-order valence-corrected chi connectivity index (χ4v) is 2.07. The Hall–Kier alpha value is -2.37. The third-order valence-electron chi connectivity index (χ3n) is 3.19. The number of hydrogen-bond donors (Lipinski definition) is 0. The van der Waals surface area contributed by atoms with Crippen LogP contribution >= 0.6 is 0 Å². The monoisotopic (exact) mass is 276 g/mol. The maximum absolute atomic E-state index is 12.1. The first-order valence-electron chi connectivity index (χ1n) is 6.36. The number of carbonyl (C=O) groups is 3. The Labute approximate surface area is 116 Å². The van der Waals surface area contributed by atoms with Gasteiger partial charge in [-0.05, 0) is 12.1 Å². The zero-order valence-electron chi connectivity index (χ0n) is 11.2. The van der Waals surface area contributed by atoms with Gasteiger partial charge in [-0.2, -0.15) is 0 Å². The average Bonchev–Trinajstić information content (AvgIpc) is 2.49. The minimum absolute atomic E-state index is 0.0981. The van der Waals surface area contributed by atoms with Gasteiger partial charge in [0.05, 0.1) is 13.5 Å². The molecule has 1 heterocycles. The lowest BCUT2D eigenvalue weighted by Gasteiger charge is -2.33. The van der Waals surface area contributed by atoms with E-state index in [1.54, 1.807) is 12.1 Å². The van der Waals surface area contributed by atoms with Gasteiger partial charge < -0.3 is 14.5 Å². The zero-order chi connectivity index (χ0) is 14.5. The number of nitrogens with zero attached hydrogens (tertiary/aromatic N) is 2. The highest BCUT2D eigenvalue weighted by atomic mass is 16.5. The van der Waals surface area contributed by atoms with E-state index < -0.39 is 17.8 Å². The van der Waals surface area contributed by atoms with Crippen molar-refractivity contribution in [1.29, 1.82) is 0 Å². The number of para-hydroxylation sites is 1. The molecule has 106 valence electrons. The molecular weight excluding hydrogens is 260 g/mol. The Morgan fingerprint density at radius 2 is 1.85 bits per heavy atom. The van der Waals surface area contributed by atoms with Crippen LogP contribution in [0.5, 0.6) is 0 Å². The standard InChI is InChI=1S/C14H16N2O4/c1-20-12(17)7-8-15-9-10-16(14(19)13(15)18)11-5-3-2-4-6-11/h2-6H,7-10H2,1H3. The van der Waals surface area contributed by atoms with Gasteiger partial charge in [0, 0.05) is 25.3 Å². The van der Waals surface area contributed by atoms with Crippen LogP contribution in [0.4, 0.5) is 5.69 Å². The van der Waals surface area contributed by atoms with Crippen molar-refractivity contribution in [3.63, 3.8) is 0 Å². The number of rotatable bonds is 4. The number of benzene rings is 1. The minimum atomic E-state index is -0.580. The van der Waals surface area contributed by atoms with Crippen molar-refractivity contribution in [2.45, 2.75) is 6.42 Å². The molecule has 0 saturated carbocycles. The predicted octanol–water partition coefficient (Wildman–Crippen LogP) is 0.425. The molecule has 6 nitrogen and oxygen atoms in total. The van der Waals surface area contributed by atoms with Crippen LogP contribution in [0, 0.1) is 0 Å². The van der Waals surface area contributed by atoms with E-state index in [4.69, 9.17) is 0 Å². The number of ether oxygens (including phenoxy) is 1. The summed E-state index contributed by atoms with van der Waals surface area (Å²) in [5.74, 6) is -1.54. The molecule has 2 rings (SSSR count). The largest absolute Gasteiger partial charge is 0.469 e. The number of amides is 2. The fourth-order valence-electron chi connectivity index (χ4n) is 2.07. The molecule has 0 radical (unpaired) electrons. The number of carbonyl (C=O) groups excluding carboxylic acids is 3. The highest BCUT2D eigenvalue weighted by Crippen LogP contribution is 2.17. The molecule has 0 atom stereocenters. The van der Waals surface area contributed by atoms with Gasteiger partial charge in [-0.15, -0.1) is 0 Å². The second-order valence-electron chi connectivity index (χ2n) is 4.41. The summed E-state index contributed by atoms with van der Waals surface area (Å²) in [7, 11) is 1.29. The number of anilines is 1. The highest BCUT2D eigenvalue weighted by molar-refractivity contribution is 6.41. The van der Waals surface area contributed by atoms with E-state index >= 15 is 0 Å². The lowest BCUT2D eigenvalue weighted by molar-refractivity contribution is -0.148. The Morgan fingerprint density at radius 1 is 1.15 bits per heavy atom.